The van der Waals surface area contributed by atoms with E-state index in [1.807, 2.05) is 25.1 Å². The van der Waals surface area contributed by atoms with Gasteiger partial charge in [0.2, 0.25) is 0 Å². The molecule has 2 aliphatic heterocycles. The number of amides is 2. The lowest BCUT2D eigenvalue weighted by atomic mass is 9.83. The second-order valence-corrected chi connectivity index (χ2v) is 11.4. The first-order chi connectivity index (χ1) is 19.4. The number of anilines is 1. The van der Waals surface area contributed by atoms with E-state index >= 15 is 0 Å². The summed E-state index contributed by atoms with van der Waals surface area (Å²) in [6.45, 7) is 4.34. The van der Waals surface area contributed by atoms with Crippen LogP contribution in [0.3, 0.4) is 0 Å². The minimum atomic E-state index is -0.608. The van der Waals surface area contributed by atoms with Crippen LogP contribution in [0.1, 0.15) is 56.1 Å². The zero-order valence-electron chi connectivity index (χ0n) is 23.0. The summed E-state index contributed by atoms with van der Waals surface area (Å²) < 4.78 is 15.1. The van der Waals surface area contributed by atoms with Gasteiger partial charge in [-0.05, 0) is 73.6 Å². The molecule has 7 nitrogen and oxygen atoms in total. The fourth-order valence-corrected chi connectivity index (χ4v) is 6.60. The van der Waals surface area contributed by atoms with Crippen LogP contribution in [0.15, 0.2) is 72.0 Å². The number of carbonyl (C=O) groups is 1. The molecular formula is C32H36FN5O2. The van der Waals surface area contributed by atoms with Gasteiger partial charge in [0.05, 0.1) is 0 Å². The lowest BCUT2D eigenvalue weighted by Crippen LogP contribution is -2.62. The van der Waals surface area contributed by atoms with Crippen LogP contribution >= 0.6 is 0 Å². The summed E-state index contributed by atoms with van der Waals surface area (Å²) >= 11 is 0. The van der Waals surface area contributed by atoms with Crippen molar-refractivity contribution < 1.29 is 13.9 Å². The third-order valence-electron chi connectivity index (χ3n) is 8.76. The Bertz CT molecular complexity index is 1430. The first-order valence-electron chi connectivity index (χ1n) is 14.4. The van der Waals surface area contributed by atoms with Gasteiger partial charge in [0.25, 0.3) is 0 Å². The molecule has 8 heteroatoms. The van der Waals surface area contributed by atoms with Crippen molar-refractivity contribution in [2.75, 3.05) is 18.0 Å². The molecule has 1 aromatic heterocycles. The van der Waals surface area contributed by atoms with Crippen molar-refractivity contribution >= 4 is 17.6 Å². The highest BCUT2D eigenvalue weighted by Crippen LogP contribution is 2.39. The van der Waals surface area contributed by atoms with Gasteiger partial charge in [-0.1, -0.05) is 43.5 Å². The van der Waals surface area contributed by atoms with E-state index in [1.165, 1.54) is 43.2 Å². The van der Waals surface area contributed by atoms with Crippen LogP contribution in [0.25, 0.3) is 11.1 Å². The lowest BCUT2D eigenvalue weighted by molar-refractivity contribution is -0.604. The Kier molecular flexibility index (Phi) is 7.27. The van der Waals surface area contributed by atoms with Crippen LogP contribution in [0.5, 0.6) is 0 Å². The van der Waals surface area contributed by atoms with Crippen LogP contribution in [-0.2, 0) is 6.54 Å². The number of nitrogens with one attached hydrogen (secondary N) is 1. The van der Waals surface area contributed by atoms with Gasteiger partial charge < -0.3 is 10.5 Å². The van der Waals surface area contributed by atoms with Crippen LogP contribution in [0.2, 0.25) is 0 Å². The van der Waals surface area contributed by atoms with E-state index in [-0.39, 0.29) is 11.8 Å². The fourth-order valence-electron chi connectivity index (χ4n) is 6.60. The number of amidine groups is 1. The van der Waals surface area contributed by atoms with Gasteiger partial charge in [0.1, 0.15) is 17.2 Å². The van der Waals surface area contributed by atoms with Crippen LogP contribution in [0, 0.1) is 17.9 Å². The molecule has 2 aromatic carbocycles. The Labute approximate surface area is 234 Å². The Morgan fingerprint density at radius 1 is 1.07 bits per heavy atom. The van der Waals surface area contributed by atoms with Crippen molar-refractivity contribution in [1.29, 1.82) is 0 Å². The van der Waals surface area contributed by atoms with Gasteiger partial charge >= 0.3 is 6.03 Å². The number of benzene rings is 2. The number of rotatable bonds is 5. The first kappa shape index (κ1) is 26.4. The van der Waals surface area contributed by atoms with Crippen molar-refractivity contribution in [2.45, 2.75) is 70.0 Å². The van der Waals surface area contributed by atoms with Gasteiger partial charge in [-0.3, -0.25) is 9.80 Å². The minimum absolute atomic E-state index is 0.319. The minimum Gasteiger partial charge on any atom is -0.619 e. The van der Waals surface area contributed by atoms with Gasteiger partial charge in [-0.2, -0.15) is 9.72 Å². The summed E-state index contributed by atoms with van der Waals surface area (Å²) in [5, 5.41) is 15.6. The molecule has 3 heterocycles. The van der Waals surface area contributed by atoms with E-state index < -0.39 is 5.54 Å². The second-order valence-electron chi connectivity index (χ2n) is 11.4. The summed E-state index contributed by atoms with van der Waals surface area (Å²) in [6.07, 6.45) is 10.3. The Morgan fingerprint density at radius 2 is 1.85 bits per heavy atom. The third kappa shape index (κ3) is 5.20. The number of hydrogen-bond donors (Lipinski definition) is 1. The third-order valence-corrected chi connectivity index (χ3v) is 8.76. The molecule has 2 amide bonds. The normalized spacial score (nSPS) is 19.7. The molecule has 1 N–H and O–H groups in total. The summed E-state index contributed by atoms with van der Waals surface area (Å²) in [5.74, 6) is 0.392. The number of pyridine rings is 1. The SMILES string of the molecule is Cc1cc[n+]([O-])cc1-c1cccc(CN2CCC3(CC2)C(NC2CCCCC2)=NC(=O)N3c2cccc(F)c2)c1. The number of hydrogen-bond acceptors (Lipinski definition) is 4. The predicted molar refractivity (Wildman–Crippen MR) is 155 cm³/mol. The van der Waals surface area contributed by atoms with Gasteiger partial charge in [-0.25, -0.2) is 9.18 Å². The topological polar surface area (TPSA) is 74.9 Å². The molecule has 3 aromatic rings. The maximum Gasteiger partial charge on any atom is 0.350 e. The summed E-state index contributed by atoms with van der Waals surface area (Å²) in [5.41, 5.74) is 4.14. The molecule has 208 valence electrons. The highest BCUT2D eigenvalue weighted by atomic mass is 19.1. The average molecular weight is 542 g/mol. The average Bonchev–Trinajstić information content (AvgIpc) is 3.21. The number of aromatic nitrogens is 1. The van der Waals surface area contributed by atoms with Gasteiger partial charge in [0, 0.05) is 43.0 Å². The van der Waals surface area contributed by atoms with Crippen molar-refractivity contribution in [3.63, 3.8) is 0 Å². The number of likely N-dealkylation sites (tertiary alicyclic amines) is 1. The molecule has 1 saturated carbocycles. The number of nitrogens with zero attached hydrogens (tertiary/aromatic N) is 4. The zero-order valence-corrected chi connectivity index (χ0v) is 23.0. The number of urea groups is 1. The molecule has 0 bridgehead atoms. The summed E-state index contributed by atoms with van der Waals surface area (Å²) in [7, 11) is 0. The number of halogens is 1. The maximum absolute atomic E-state index is 14.3. The second kappa shape index (κ2) is 11.0. The Hall–Kier alpha value is -3.78. The van der Waals surface area contributed by atoms with Crippen molar-refractivity contribution in [3.8, 4) is 11.1 Å². The number of aryl methyl sites for hydroxylation is 1. The molecule has 1 spiro atoms. The van der Waals surface area contributed by atoms with Crippen molar-refractivity contribution in [1.82, 2.24) is 10.2 Å². The number of aliphatic imine (C=N–C) groups is 1. The van der Waals surface area contributed by atoms with Gasteiger partial charge in [-0.15, -0.1) is 0 Å². The first-order valence-corrected chi connectivity index (χ1v) is 14.4. The predicted octanol–water partition coefficient (Wildman–Crippen LogP) is 5.73. The molecule has 6 rings (SSSR count). The largest absolute Gasteiger partial charge is 0.619 e. The monoisotopic (exact) mass is 541 g/mol. The molecule has 2 fully saturated rings. The summed E-state index contributed by atoms with van der Waals surface area (Å²) in [6, 6.07) is 16.5. The molecule has 40 heavy (non-hydrogen) atoms. The van der Waals surface area contributed by atoms with Crippen LogP contribution in [-0.4, -0.2) is 41.4 Å². The van der Waals surface area contributed by atoms with Crippen LogP contribution < -0.4 is 14.9 Å². The molecule has 0 unspecified atom stereocenters. The molecule has 0 radical (unpaired) electrons. The molecule has 1 aliphatic carbocycles. The van der Waals surface area contributed by atoms with E-state index in [0.717, 1.165) is 59.7 Å². The number of piperidine rings is 1. The van der Waals surface area contributed by atoms with E-state index in [2.05, 4.69) is 27.3 Å². The molecule has 3 aliphatic rings. The van der Waals surface area contributed by atoms with E-state index in [0.29, 0.717) is 24.6 Å². The fraction of sp³-hybridized carbons (Fsp3) is 0.406. The highest BCUT2D eigenvalue weighted by molar-refractivity contribution is 6.16. The number of carbonyl (C=O) groups excluding carboxylic acids is 1. The van der Waals surface area contributed by atoms with Gasteiger partial charge in [0.15, 0.2) is 12.4 Å². The maximum atomic E-state index is 14.3. The smallest absolute Gasteiger partial charge is 0.350 e. The standard InChI is InChI=1S/C32H36FN5O2/c1-23-13-16-37(40)22-29(23)25-8-5-7-24(19-25)21-36-17-14-32(15-18-36)30(34-27-10-3-2-4-11-27)35-31(39)38(32)28-12-6-9-26(33)20-28/h5-9,12-13,16,19-20,22,27H,2-4,10-11,14-15,17-18,21H2,1H3,(H,34,35,39). The lowest BCUT2D eigenvalue weighted by Gasteiger charge is -2.45. The van der Waals surface area contributed by atoms with Crippen molar-refractivity contribution in [2.24, 2.45) is 4.99 Å². The van der Waals surface area contributed by atoms with E-state index in [4.69, 9.17) is 0 Å². The molecule has 1 saturated heterocycles. The van der Waals surface area contributed by atoms with Crippen molar-refractivity contribution in [3.05, 3.63) is 89.1 Å². The molecule has 0 atom stereocenters. The summed E-state index contributed by atoms with van der Waals surface area (Å²) in [4.78, 5) is 22.0. The highest BCUT2D eigenvalue weighted by Gasteiger charge is 2.52. The zero-order chi connectivity index (χ0) is 27.7. The Balaban J connectivity index is 1.22. The van der Waals surface area contributed by atoms with E-state index in [1.54, 1.807) is 23.2 Å². The molecular weight excluding hydrogens is 505 g/mol. The quantitative estimate of drug-likeness (QED) is 0.331. The Morgan fingerprint density at radius 3 is 2.62 bits per heavy atom. The van der Waals surface area contributed by atoms with E-state index in [9.17, 15) is 14.4 Å². The van der Waals surface area contributed by atoms with Crippen LogP contribution in [0.4, 0.5) is 14.9 Å².